The van der Waals surface area contributed by atoms with Crippen molar-refractivity contribution in [2.24, 2.45) is 4.99 Å². The van der Waals surface area contributed by atoms with Gasteiger partial charge in [0.1, 0.15) is 22.5 Å². The van der Waals surface area contributed by atoms with E-state index in [1.54, 1.807) is 7.05 Å². The molecule has 0 unspecified atom stereocenters. The normalized spacial score (nSPS) is 22.8. The molecule has 0 amide bonds. The lowest BCUT2D eigenvalue weighted by atomic mass is 11.0. The first-order valence-electron chi connectivity index (χ1n) is 2.58. The summed E-state index contributed by atoms with van der Waals surface area (Å²) < 4.78 is 1.50. The highest BCUT2D eigenvalue weighted by molar-refractivity contribution is 8.18. The van der Waals surface area contributed by atoms with E-state index in [9.17, 15) is 0 Å². The van der Waals surface area contributed by atoms with Crippen molar-refractivity contribution in [2.75, 3.05) is 7.05 Å². The second-order valence-electron chi connectivity index (χ2n) is 1.88. The summed E-state index contributed by atoms with van der Waals surface area (Å²) in [6.07, 6.45) is -2.32. The highest BCUT2D eigenvalue weighted by Gasteiger charge is 2.43. The fraction of sp³-hybridized carbons (Fsp3) is 0.250. The van der Waals surface area contributed by atoms with Crippen LogP contribution in [0.15, 0.2) is 16.0 Å². The summed E-state index contributed by atoms with van der Waals surface area (Å²) in [5.74, 6) is 1.50. The first-order chi connectivity index (χ1) is 4.93. The molecule has 2 nitrogen and oxygen atoms in total. The Kier molecular flexibility index (Phi) is 2.94. The first kappa shape index (κ1) is 9.88. The summed E-state index contributed by atoms with van der Waals surface area (Å²) in [5.41, 5.74) is 0. The van der Waals surface area contributed by atoms with Crippen molar-refractivity contribution in [1.82, 2.24) is 4.67 Å². The number of nitrogens with zero attached hydrogens (tertiary/aromatic N) is 2. The van der Waals surface area contributed by atoms with Gasteiger partial charge in [0, 0.05) is 7.05 Å². The summed E-state index contributed by atoms with van der Waals surface area (Å²) in [7, 11) is 1.67. The molecule has 0 aromatic carbocycles. The van der Waals surface area contributed by atoms with Gasteiger partial charge in [0.25, 0.3) is 0 Å². The van der Waals surface area contributed by atoms with Gasteiger partial charge in [-0.3, -0.25) is 0 Å². The summed E-state index contributed by atoms with van der Waals surface area (Å²) in [6, 6.07) is 0. The maximum atomic E-state index is 5.89. The maximum Gasteiger partial charge on any atom is 0.332 e. The van der Waals surface area contributed by atoms with E-state index in [1.165, 1.54) is 10.5 Å². The minimum absolute atomic E-state index is 0.218. The number of halogens is 4. The van der Waals surface area contributed by atoms with Gasteiger partial charge < -0.3 is 0 Å². The van der Waals surface area contributed by atoms with E-state index >= 15 is 0 Å². The minimum Gasteiger partial charge on any atom is -0.201 e. The molecule has 0 aromatic rings. The van der Waals surface area contributed by atoms with Crippen molar-refractivity contribution in [1.29, 1.82) is 0 Å². The molecule has 62 valence electrons. The average molecular weight is 253 g/mol. The Labute approximate surface area is 84.7 Å². The summed E-state index contributed by atoms with van der Waals surface area (Å²) in [5, 5.41) is 0.460. The Morgan fingerprint density at radius 3 is 2.45 bits per heavy atom. The third-order valence-corrected chi connectivity index (χ3v) is 5.42. The van der Waals surface area contributed by atoms with Crippen molar-refractivity contribution < 1.29 is 0 Å². The molecular formula is C4H4Cl4N2P+. The summed E-state index contributed by atoms with van der Waals surface area (Å²) >= 11 is 23.0. The molecule has 1 rings (SSSR count). The van der Waals surface area contributed by atoms with Crippen LogP contribution < -0.4 is 0 Å². The van der Waals surface area contributed by atoms with Crippen molar-refractivity contribution in [3.63, 3.8) is 0 Å². The molecule has 0 atom stereocenters. The number of hydrogen-bond acceptors (Lipinski definition) is 2. The van der Waals surface area contributed by atoms with Gasteiger partial charge in [-0.15, -0.1) is 0 Å². The summed E-state index contributed by atoms with van der Waals surface area (Å²) in [6.45, 7) is 0. The van der Waals surface area contributed by atoms with E-state index in [0.717, 1.165) is 0 Å². The zero-order valence-corrected chi connectivity index (χ0v) is 9.35. The van der Waals surface area contributed by atoms with Gasteiger partial charge in [0.15, 0.2) is 11.0 Å². The summed E-state index contributed by atoms with van der Waals surface area (Å²) in [4.78, 5) is 3.75. The fourth-order valence-corrected chi connectivity index (χ4v) is 3.78. The number of hydrogen-bond donors (Lipinski definition) is 0. The molecule has 11 heavy (non-hydrogen) atoms. The molecular weight excluding hydrogens is 249 g/mol. The molecule has 0 N–H and O–H groups in total. The van der Waals surface area contributed by atoms with Gasteiger partial charge in [-0.2, -0.15) is 4.67 Å². The van der Waals surface area contributed by atoms with Gasteiger partial charge in [-0.1, -0.05) is 11.6 Å². The molecule has 0 radical (unpaired) electrons. The molecule has 0 spiro atoms. The zero-order chi connectivity index (χ0) is 8.65. The van der Waals surface area contributed by atoms with Gasteiger partial charge in [-0.05, 0) is 11.6 Å². The molecule has 1 aliphatic heterocycles. The average Bonchev–Trinajstić information content (AvgIpc) is 1.81. The van der Waals surface area contributed by atoms with Crippen LogP contribution in [0.25, 0.3) is 0 Å². The van der Waals surface area contributed by atoms with Crippen LogP contribution in [0.2, 0.25) is 0 Å². The lowest BCUT2D eigenvalue weighted by Crippen LogP contribution is -2.19. The minimum atomic E-state index is -2.32. The van der Waals surface area contributed by atoms with Gasteiger partial charge in [-0.25, -0.2) is 4.99 Å². The molecule has 0 saturated carbocycles. The van der Waals surface area contributed by atoms with Gasteiger partial charge in [0.2, 0.25) is 5.29 Å². The topological polar surface area (TPSA) is 15.6 Å². The quantitative estimate of drug-likeness (QED) is 0.473. The molecule has 7 heteroatoms. The Balaban J connectivity index is 3.01. The van der Waals surface area contributed by atoms with Crippen LogP contribution in [0.4, 0.5) is 0 Å². The van der Waals surface area contributed by atoms with Crippen LogP contribution in [-0.4, -0.2) is 17.0 Å². The second kappa shape index (κ2) is 3.27. The molecule has 0 aliphatic carbocycles. The van der Waals surface area contributed by atoms with E-state index in [4.69, 9.17) is 45.7 Å². The highest BCUT2D eigenvalue weighted by Crippen LogP contribution is 2.74. The maximum absolute atomic E-state index is 5.89. The Hall–Kier alpha value is 0.800. The molecule has 0 fully saturated rings. The van der Waals surface area contributed by atoms with Crippen molar-refractivity contribution in [3.05, 3.63) is 11.0 Å². The van der Waals surface area contributed by atoms with E-state index in [0.29, 0.717) is 0 Å². The van der Waals surface area contributed by atoms with E-state index in [1.807, 2.05) is 0 Å². The first-order valence-corrected chi connectivity index (χ1v) is 6.96. The highest BCUT2D eigenvalue weighted by atomic mass is 35.9. The van der Waals surface area contributed by atoms with Crippen molar-refractivity contribution >= 4 is 57.1 Å². The lowest BCUT2D eigenvalue weighted by Gasteiger charge is -2.20. The Bertz CT molecular complexity index is 236. The van der Waals surface area contributed by atoms with Crippen molar-refractivity contribution in [2.45, 2.75) is 0 Å². The van der Waals surface area contributed by atoms with E-state index in [2.05, 4.69) is 4.99 Å². The van der Waals surface area contributed by atoms with Gasteiger partial charge in [0.05, 0.1) is 0 Å². The molecule has 0 aromatic heterocycles. The monoisotopic (exact) mass is 251 g/mol. The Morgan fingerprint density at radius 2 is 2.00 bits per heavy atom. The lowest BCUT2D eigenvalue weighted by molar-refractivity contribution is 0.838. The largest absolute Gasteiger partial charge is 0.332 e. The third-order valence-electron chi connectivity index (χ3n) is 1.13. The third kappa shape index (κ3) is 2.13. The predicted octanol–water partition coefficient (Wildman–Crippen LogP) is 3.80. The van der Waals surface area contributed by atoms with E-state index in [-0.39, 0.29) is 10.5 Å². The molecule has 0 bridgehead atoms. The van der Waals surface area contributed by atoms with Crippen molar-refractivity contribution in [3.8, 4) is 0 Å². The number of amidine groups is 1. The second-order valence-corrected chi connectivity index (χ2v) is 8.13. The van der Waals surface area contributed by atoms with Crippen LogP contribution >= 0.6 is 51.8 Å². The van der Waals surface area contributed by atoms with Gasteiger partial charge >= 0.3 is 6.12 Å². The van der Waals surface area contributed by atoms with Crippen LogP contribution in [0.3, 0.4) is 0 Å². The SMILES string of the molecule is CN1C(Cl)=NC(Cl)=C[P+]1(Cl)Cl. The van der Waals surface area contributed by atoms with Crippen LogP contribution in [0.1, 0.15) is 0 Å². The van der Waals surface area contributed by atoms with Crippen LogP contribution in [0, 0.1) is 0 Å². The Morgan fingerprint density at radius 1 is 1.45 bits per heavy atom. The fourth-order valence-electron chi connectivity index (χ4n) is 0.514. The van der Waals surface area contributed by atoms with E-state index < -0.39 is 6.12 Å². The number of aliphatic imine (C=N–C) groups is 1. The number of rotatable bonds is 0. The molecule has 1 aliphatic rings. The van der Waals surface area contributed by atoms with Crippen LogP contribution in [0.5, 0.6) is 0 Å². The zero-order valence-electron chi connectivity index (χ0n) is 5.43. The van der Waals surface area contributed by atoms with Crippen LogP contribution in [-0.2, 0) is 0 Å². The molecule has 0 saturated heterocycles. The molecule has 1 heterocycles. The predicted molar refractivity (Wildman–Crippen MR) is 53.6 cm³/mol. The standard InChI is InChI=1S/C4H4Cl4N2P/c1-10-4(6)9-3(5)2-11(10,7)8/h2H,1H3/q+1. The smallest absolute Gasteiger partial charge is 0.201 e.